The zero-order chi connectivity index (χ0) is 9.42. The molecule has 0 radical (unpaired) electrons. The van der Waals surface area contributed by atoms with E-state index < -0.39 is 0 Å². The first-order valence-electron chi connectivity index (χ1n) is 5.53. The number of hydrogen-bond donors (Lipinski definition) is 1. The lowest BCUT2D eigenvalue weighted by Gasteiger charge is -2.04. The molecule has 2 fully saturated rings. The van der Waals surface area contributed by atoms with Crippen LogP contribution >= 0.6 is 0 Å². The summed E-state index contributed by atoms with van der Waals surface area (Å²) in [7, 11) is 0. The number of aliphatic hydroxyl groups is 1. The third-order valence-corrected chi connectivity index (χ3v) is 3.62. The summed E-state index contributed by atoms with van der Waals surface area (Å²) in [6, 6.07) is 0. The van der Waals surface area contributed by atoms with Gasteiger partial charge >= 0.3 is 0 Å². The third kappa shape index (κ3) is 1.80. The topological polar surface area (TPSA) is 20.2 Å². The van der Waals surface area contributed by atoms with Gasteiger partial charge in [0.05, 0.1) is 6.10 Å². The largest absolute Gasteiger partial charge is 0.389 e. The highest BCUT2D eigenvalue weighted by atomic mass is 16.3. The maximum Gasteiger partial charge on any atom is 0.0756 e. The van der Waals surface area contributed by atoms with Crippen LogP contribution in [0.1, 0.15) is 39.5 Å². The Morgan fingerprint density at radius 1 is 1.23 bits per heavy atom. The van der Waals surface area contributed by atoms with E-state index in [1.54, 1.807) is 0 Å². The van der Waals surface area contributed by atoms with Crippen molar-refractivity contribution in [1.82, 2.24) is 0 Å². The van der Waals surface area contributed by atoms with Gasteiger partial charge in [0.25, 0.3) is 0 Å². The minimum Gasteiger partial charge on any atom is -0.389 e. The predicted octanol–water partition coefficient (Wildman–Crippen LogP) is 2.75. The van der Waals surface area contributed by atoms with Crippen molar-refractivity contribution in [1.29, 1.82) is 0 Å². The summed E-state index contributed by atoms with van der Waals surface area (Å²) in [5.74, 6) is 2.33. The molecule has 0 aliphatic heterocycles. The van der Waals surface area contributed by atoms with Crippen molar-refractivity contribution in [2.24, 2.45) is 17.8 Å². The maximum atomic E-state index is 9.91. The van der Waals surface area contributed by atoms with Gasteiger partial charge in [-0.25, -0.2) is 0 Å². The summed E-state index contributed by atoms with van der Waals surface area (Å²) < 4.78 is 0. The van der Waals surface area contributed by atoms with E-state index in [0.29, 0.717) is 5.92 Å². The molecule has 1 heteroatoms. The number of allylic oxidation sites excluding steroid dienone is 1. The van der Waals surface area contributed by atoms with Crippen molar-refractivity contribution < 1.29 is 5.11 Å². The smallest absolute Gasteiger partial charge is 0.0756 e. The molecule has 2 rings (SSSR count). The molecule has 0 heterocycles. The average molecular weight is 180 g/mol. The Labute approximate surface area is 80.8 Å². The molecule has 0 aromatic heterocycles. The first-order valence-corrected chi connectivity index (χ1v) is 5.53. The quantitative estimate of drug-likeness (QED) is 0.648. The van der Waals surface area contributed by atoms with Gasteiger partial charge in [-0.05, 0) is 44.4 Å². The fourth-order valence-electron chi connectivity index (χ4n) is 3.01. The molecule has 1 N–H and O–H groups in total. The Morgan fingerprint density at radius 2 is 1.77 bits per heavy atom. The molecule has 0 amide bonds. The van der Waals surface area contributed by atoms with Crippen molar-refractivity contribution in [2.45, 2.75) is 45.6 Å². The van der Waals surface area contributed by atoms with E-state index in [-0.39, 0.29) is 6.10 Å². The Bertz CT molecular complexity index is 203. The van der Waals surface area contributed by atoms with Crippen LogP contribution in [-0.2, 0) is 0 Å². The lowest BCUT2D eigenvalue weighted by Crippen LogP contribution is -2.08. The van der Waals surface area contributed by atoms with Gasteiger partial charge in [0.15, 0.2) is 0 Å². The first-order chi connectivity index (χ1) is 6.20. The van der Waals surface area contributed by atoms with E-state index in [1.807, 2.05) is 6.08 Å². The van der Waals surface area contributed by atoms with Gasteiger partial charge in [0.1, 0.15) is 0 Å². The van der Waals surface area contributed by atoms with E-state index in [0.717, 1.165) is 11.8 Å². The monoisotopic (exact) mass is 180 g/mol. The molecule has 2 saturated carbocycles. The highest BCUT2D eigenvalue weighted by Crippen LogP contribution is 2.57. The van der Waals surface area contributed by atoms with E-state index in [1.165, 1.54) is 31.3 Å². The molecule has 13 heavy (non-hydrogen) atoms. The molecular formula is C12H20O. The van der Waals surface area contributed by atoms with Crippen LogP contribution in [0.25, 0.3) is 0 Å². The molecule has 3 atom stereocenters. The van der Waals surface area contributed by atoms with Gasteiger partial charge in [-0.15, -0.1) is 0 Å². The minimum atomic E-state index is -0.155. The van der Waals surface area contributed by atoms with Crippen LogP contribution in [0, 0.1) is 17.8 Å². The highest BCUT2D eigenvalue weighted by molar-refractivity contribution is 5.10. The van der Waals surface area contributed by atoms with Gasteiger partial charge < -0.3 is 5.11 Å². The number of hydrogen-bond acceptors (Lipinski definition) is 1. The second-order valence-electron chi connectivity index (χ2n) is 4.92. The fourth-order valence-corrected chi connectivity index (χ4v) is 3.01. The van der Waals surface area contributed by atoms with Crippen molar-refractivity contribution in [3.8, 4) is 0 Å². The maximum absolute atomic E-state index is 9.91. The van der Waals surface area contributed by atoms with Crippen LogP contribution in [0.15, 0.2) is 11.6 Å². The lowest BCUT2D eigenvalue weighted by atomic mass is 10.0. The standard InChI is InChI=1S/C12H20O/c1-8(2)7-11(13)12-9-5-3-4-6-10(9)12/h7,9-13H,3-6H2,1-2H3. The average Bonchev–Trinajstić information content (AvgIpc) is 2.76. The zero-order valence-corrected chi connectivity index (χ0v) is 8.66. The summed E-state index contributed by atoms with van der Waals surface area (Å²) in [6.07, 6.45) is 7.38. The van der Waals surface area contributed by atoms with Gasteiger partial charge in [-0.3, -0.25) is 0 Å². The van der Waals surface area contributed by atoms with E-state index in [4.69, 9.17) is 0 Å². The molecule has 0 spiro atoms. The molecule has 1 nitrogen and oxygen atoms in total. The molecule has 0 saturated heterocycles. The molecule has 2 aliphatic rings. The Morgan fingerprint density at radius 3 is 2.23 bits per heavy atom. The van der Waals surface area contributed by atoms with E-state index in [2.05, 4.69) is 13.8 Å². The van der Waals surface area contributed by atoms with Crippen LogP contribution in [0.2, 0.25) is 0 Å². The Kier molecular flexibility index (Phi) is 2.46. The van der Waals surface area contributed by atoms with Crippen LogP contribution in [-0.4, -0.2) is 11.2 Å². The van der Waals surface area contributed by atoms with Crippen LogP contribution in [0.3, 0.4) is 0 Å². The SMILES string of the molecule is CC(C)=CC(O)C1C2CCCCC21. The van der Waals surface area contributed by atoms with E-state index in [9.17, 15) is 5.11 Å². The summed E-state index contributed by atoms with van der Waals surface area (Å²) in [4.78, 5) is 0. The predicted molar refractivity (Wildman–Crippen MR) is 54.4 cm³/mol. The number of rotatable bonds is 2. The molecule has 74 valence electrons. The highest BCUT2D eigenvalue weighted by Gasteiger charge is 2.53. The number of fused-ring (bicyclic) bond motifs is 1. The Hall–Kier alpha value is -0.300. The molecular weight excluding hydrogens is 160 g/mol. The van der Waals surface area contributed by atoms with E-state index >= 15 is 0 Å². The summed E-state index contributed by atoms with van der Waals surface area (Å²) in [6.45, 7) is 4.13. The first kappa shape index (κ1) is 9.26. The van der Waals surface area contributed by atoms with Gasteiger partial charge in [0.2, 0.25) is 0 Å². The molecule has 0 aromatic rings. The third-order valence-electron chi connectivity index (χ3n) is 3.62. The number of aliphatic hydroxyl groups excluding tert-OH is 1. The lowest BCUT2D eigenvalue weighted by molar-refractivity contribution is 0.187. The summed E-state index contributed by atoms with van der Waals surface area (Å²) >= 11 is 0. The molecule has 3 unspecified atom stereocenters. The summed E-state index contributed by atoms with van der Waals surface area (Å²) in [5.41, 5.74) is 1.25. The molecule has 2 aliphatic carbocycles. The van der Waals surface area contributed by atoms with Gasteiger partial charge in [-0.2, -0.15) is 0 Å². The normalized spacial score (nSPS) is 39.2. The fraction of sp³-hybridized carbons (Fsp3) is 0.833. The molecule has 0 aromatic carbocycles. The minimum absolute atomic E-state index is 0.155. The van der Waals surface area contributed by atoms with Crippen LogP contribution < -0.4 is 0 Å². The summed E-state index contributed by atoms with van der Waals surface area (Å²) in [5, 5.41) is 9.91. The van der Waals surface area contributed by atoms with Crippen molar-refractivity contribution >= 4 is 0 Å². The van der Waals surface area contributed by atoms with Gasteiger partial charge in [0, 0.05) is 0 Å². The zero-order valence-electron chi connectivity index (χ0n) is 8.66. The Balaban J connectivity index is 1.93. The van der Waals surface area contributed by atoms with Crippen molar-refractivity contribution in [2.75, 3.05) is 0 Å². The van der Waals surface area contributed by atoms with Crippen LogP contribution in [0.4, 0.5) is 0 Å². The van der Waals surface area contributed by atoms with Crippen LogP contribution in [0.5, 0.6) is 0 Å². The van der Waals surface area contributed by atoms with Gasteiger partial charge in [-0.1, -0.05) is 24.5 Å². The second kappa shape index (κ2) is 3.45. The second-order valence-corrected chi connectivity index (χ2v) is 4.92. The van der Waals surface area contributed by atoms with Crippen molar-refractivity contribution in [3.63, 3.8) is 0 Å². The molecule has 0 bridgehead atoms. The van der Waals surface area contributed by atoms with Crippen molar-refractivity contribution in [3.05, 3.63) is 11.6 Å².